The van der Waals surface area contributed by atoms with Crippen LogP contribution in [0.2, 0.25) is 0 Å². The van der Waals surface area contributed by atoms with Gasteiger partial charge in [0.25, 0.3) is 5.91 Å². The second-order valence-electron chi connectivity index (χ2n) is 6.55. The molecule has 2 aromatic rings. The van der Waals surface area contributed by atoms with Gasteiger partial charge in [0, 0.05) is 56.8 Å². The number of carbonyl (C=O) groups excluding carboxylic acids is 1. The molecule has 1 aliphatic rings. The summed E-state index contributed by atoms with van der Waals surface area (Å²) in [6.45, 7) is 6.61. The van der Waals surface area contributed by atoms with Crippen molar-refractivity contribution in [1.82, 2.24) is 14.8 Å². The van der Waals surface area contributed by atoms with Gasteiger partial charge in [-0.25, -0.2) is 4.98 Å². The Hall–Kier alpha value is -2.12. The standard InChI is InChI=1S/C19H26N4O2S/c1-5-22-8-10-23(11-9-22)18(24)14-6-7-17(25-4)15(12-14)16-13-26-19(20-16)21(2)3/h6-7,12-13H,5,8-11H2,1-4H3. The smallest absolute Gasteiger partial charge is 0.253 e. The van der Waals surface area contributed by atoms with Crippen LogP contribution in [-0.4, -0.2) is 74.6 Å². The number of carbonyl (C=O) groups is 1. The maximum absolute atomic E-state index is 12.9. The minimum Gasteiger partial charge on any atom is -0.496 e. The van der Waals surface area contributed by atoms with Gasteiger partial charge in [0.05, 0.1) is 12.8 Å². The van der Waals surface area contributed by atoms with Crippen LogP contribution in [0.1, 0.15) is 17.3 Å². The summed E-state index contributed by atoms with van der Waals surface area (Å²) in [7, 11) is 5.58. The van der Waals surface area contributed by atoms with E-state index in [1.54, 1.807) is 18.4 Å². The third-order valence-corrected chi connectivity index (χ3v) is 5.71. The third-order valence-electron chi connectivity index (χ3n) is 4.70. The van der Waals surface area contributed by atoms with Crippen LogP contribution in [0.15, 0.2) is 23.6 Å². The summed E-state index contributed by atoms with van der Waals surface area (Å²) in [6.07, 6.45) is 0. The molecule has 0 bridgehead atoms. The van der Waals surface area contributed by atoms with Crippen LogP contribution < -0.4 is 9.64 Å². The van der Waals surface area contributed by atoms with E-state index in [1.165, 1.54) is 0 Å². The fraction of sp³-hybridized carbons (Fsp3) is 0.474. The number of hydrogen-bond donors (Lipinski definition) is 0. The SMILES string of the molecule is CCN1CCN(C(=O)c2ccc(OC)c(-c3csc(N(C)C)n3)c2)CC1. The van der Waals surface area contributed by atoms with Crippen LogP contribution in [0.5, 0.6) is 5.75 Å². The Morgan fingerprint density at radius 3 is 2.58 bits per heavy atom. The quantitative estimate of drug-likeness (QED) is 0.805. The number of anilines is 1. The van der Waals surface area contributed by atoms with Gasteiger partial charge in [-0.05, 0) is 24.7 Å². The van der Waals surface area contributed by atoms with E-state index in [9.17, 15) is 4.79 Å². The fourth-order valence-corrected chi connectivity index (χ4v) is 3.84. The highest BCUT2D eigenvalue weighted by molar-refractivity contribution is 7.14. The minimum absolute atomic E-state index is 0.0766. The van der Waals surface area contributed by atoms with Gasteiger partial charge < -0.3 is 19.4 Å². The molecule has 0 aliphatic carbocycles. The monoisotopic (exact) mass is 374 g/mol. The number of ether oxygens (including phenoxy) is 1. The Labute approximate surface area is 159 Å². The van der Waals surface area contributed by atoms with Gasteiger partial charge in [-0.3, -0.25) is 4.79 Å². The summed E-state index contributed by atoms with van der Waals surface area (Å²) < 4.78 is 5.50. The molecule has 7 heteroatoms. The van der Waals surface area contributed by atoms with Crippen molar-refractivity contribution in [1.29, 1.82) is 0 Å². The minimum atomic E-state index is 0.0766. The maximum Gasteiger partial charge on any atom is 0.253 e. The maximum atomic E-state index is 12.9. The number of piperazine rings is 1. The molecule has 1 amide bonds. The van der Waals surface area contributed by atoms with Gasteiger partial charge in [0.15, 0.2) is 5.13 Å². The predicted molar refractivity (Wildman–Crippen MR) is 106 cm³/mol. The van der Waals surface area contributed by atoms with Gasteiger partial charge >= 0.3 is 0 Å². The van der Waals surface area contributed by atoms with Gasteiger partial charge in [-0.2, -0.15) is 0 Å². The van der Waals surface area contributed by atoms with Gasteiger partial charge in [-0.1, -0.05) is 6.92 Å². The van der Waals surface area contributed by atoms with Crippen LogP contribution >= 0.6 is 11.3 Å². The Kier molecular flexibility index (Phi) is 5.78. The Morgan fingerprint density at radius 1 is 1.27 bits per heavy atom. The summed E-state index contributed by atoms with van der Waals surface area (Å²) in [6, 6.07) is 5.61. The van der Waals surface area contributed by atoms with Crippen molar-refractivity contribution in [2.45, 2.75) is 6.92 Å². The molecular weight excluding hydrogens is 348 g/mol. The third kappa shape index (κ3) is 3.83. The molecule has 1 aliphatic heterocycles. The number of methoxy groups -OCH3 is 1. The molecule has 0 N–H and O–H groups in total. The highest BCUT2D eigenvalue weighted by atomic mass is 32.1. The Morgan fingerprint density at radius 2 is 2.00 bits per heavy atom. The van der Waals surface area contributed by atoms with Crippen molar-refractivity contribution in [3.63, 3.8) is 0 Å². The van der Waals surface area contributed by atoms with E-state index in [0.29, 0.717) is 5.56 Å². The van der Waals surface area contributed by atoms with Crippen molar-refractivity contribution in [2.24, 2.45) is 0 Å². The lowest BCUT2D eigenvalue weighted by Gasteiger charge is -2.34. The molecule has 0 saturated carbocycles. The molecule has 1 saturated heterocycles. The second kappa shape index (κ2) is 8.05. The largest absolute Gasteiger partial charge is 0.496 e. The lowest BCUT2D eigenvalue weighted by molar-refractivity contribution is 0.0643. The first-order valence-electron chi connectivity index (χ1n) is 8.86. The molecule has 3 rings (SSSR count). The molecule has 1 aromatic heterocycles. The molecule has 0 atom stereocenters. The van der Waals surface area contributed by atoms with E-state index in [0.717, 1.165) is 54.9 Å². The van der Waals surface area contributed by atoms with E-state index in [2.05, 4.69) is 16.8 Å². The van der Waals surface area contributed by atoms with Crippen LogP contribution in [-0.2, 0) is 0 Å². The lowest BCUT2D eigenvalue weighted by Crippen LogP contribution is -2.48. The summed E-state index contributed by atoms with van der Waals surface area (Å²) in [5.41, 5.74) is 2.38. The van der Waals surface area contributed by atoms with Crippen LogP contribution in [0, 0.1) is 0 Å². The van der Waals surface area contributed by atoms with Crippen LogP contribution in [0.4, 0.5) is 5.13 Å². The van der Waals surface area contributed by atoms with Crippen molar-refractivity contribution >= 4 is 22.4 Å². The number of thiazole rings is 1. The van der Waals surface area contributed by atoms with Crippen LogP contribution in [0.25, 0.3) is 11.3 Å². The molecule has 0 spiro atoms. The zero-order valence-corrected chi connectivity index (χ0v) is 16.7. The number of amides is 1. The van der Waals surface area contributed by atoms with Crippen molar-refractivity contribution < 1.29 is 9.53 Å². The average Bonchev–Trinajstić information content (AvgIpc) is 3.17. The summed E-state index contributed by atoms with van der Waals surface area (Å²) in [5.74, 6) is 0.806. The first-order valence-corrected chi connectivity index (χ1v) is 9.74. The van der Waals surface area contributed by atoms with E-state index in [1.807, 2.05) is 47.5 Å². The zero-order valence-electron chi connectivity index (χ0n) is 15.9. The molecule has 1 fully saturated rings. The molecule has 6 nitrogen and oxygen atoms in total. The fourth-order valence-electron chi connectivity index (χ4n) is 3.08. The molecular formula is C19H26N4O2S. The summed E-state index contributed by atoms with van der Waals surface area (Å²) >= 11 is 1.58. The summed E-state index contributed by atoms with van der Waals surface area (Å²) in [4.78, 5) is 23.9. The van der Waals surface area contributed by atoms with Gasteiger partial charge in [0.1, 0.15) is 5.75 Å². The zero-order chi connectivity index (χ0) is 18.7. The number of nitrogens with zero attached hydrogens (tertiary/aromatic N) is 4. The van der Waals surface area contributed by atoms with E-state index in [4.69, 9.17) is 4.74 Å². The second-order valence-corrected chi connectivity index (χ2v) is 7.39. The topological polar surface area (TPSA) is 48.9 Å². The highest BCUT2D eigenvalue weighted by Gasteiger charge is 2.22. The highest BCUT2D eigenvalue weighted by Crippen LogP contribution is 2.34. The summed E-state index contributed by atoms with van der Waals surface area (Å²) in [5, 5.41) is 2.93. The molecule has 0 unspecified atom stereocenters. The molecule has 1 aromatic carbocycles. The van der Waals surface area contributed by atoms with E-state index >= 15 is 0 Å². The van der Waals surface area contributed by atoms with Crippen molar-refractivity contribution in [3.8, 4) is 17.0 Å². The van der Waals surface area contributed by atoms with E-state index in [-0.39, 0.29) is 5.91 Å². The van der Waals surface area contributed by atoms with Crippen molar-refractivity contribution in [3.05, 3.63) is 29.1 Å². The number of aromatic nitrogens is 1. The van der Waals surface area contributed by atoms with Crippen molar-refractivity contribution in [2.75, 3.05) is 58.8 Å². The average molecular weight is 375 g/mol. The van der Waals surface area contributed by atoms with Gasteiger partial charge in [0.2, 0.25) is 0 Å². The Bertz CT molecular complexity index is 767. The number of benzene rings is 1. The lowest BCUT2D eigenvalue weighted by atomic mass is 10.1. The predicted octanol–water partition coefficient (Wildman–Crippen LogP) is 2.66. The molecule has 0 radical (unpaired) electrons. The normalized spacial score (nSPS) is 15.2. The number of rotatable bonds is 5. The first kappa shape index (κ1) is 18.7. The first-order chi connectivity index (χ1) is 12.5. The molecule has 26 heavy (non-hydrogen) atoms. The number of hydrogen-bond acceptors (Lipinski definition) is 6. The molecule has 140 valence electrons. The Balaban J connectivity index is 1.86. The van der Waals surface area contributed by atoms with Crippen LogP contribution in [0.3, 0.4) is 0 Å². The number of likely N-dealkylation sites (N-methyl/N-ethyl adjacent to an activating group) is 1. The van der Waals surface area contributed by atoms with E-state index < -0.39 is 0 Å². The van der Waals surface area contributed by atoms with Gasteiger partial charge in [-0.15, -0.1) is 11.3 Å². The molecule has 2 heterocycles.